The number of amides is 1. The van der Waals surface area contributed by atoms with Crippen LogP contribution in [0.2, 0.25) is 5.02 Å². The van der Waals surface area contributed by atoms with E-state index >= 15 is 0 Å². The molecule has 2 aromatic carbocycles. The third-order valence-corrected chi connectivity index (χ3v) is 8.94. The summed E-state index contributed by atoms with van der Waals surface area (Å²) in [5.74, 6) is -0.201. The Labute approximate surface area is 254 Å². The van der Waals surface area contributed by atoms with E-state index in [1.165, 1.54) is 0 Å². The number of ether oxygens (including phenoxy) is 1. The van der Waals surface area contributed by atoms with Gasteiger partial charge in [-0.25, -0.2) is 0 Å². The lowest BCUT2D eigenvalue weighted by atomic mass is 9.63. The minimum Gasteiger partial charge on any atom is -0.482 e. The molecule has 0 aromatic heterocycles. The van der Waals surface area contributed by atoms with Crippen LogP contribution in [0.15, 0.2) is 58.9 Å². The summed E-state index contributed by atoms with van der Waals surface area (Å²) in [6, 6.07) is 11.2. The minimum atomic E-state index is -0.468. The van der Waals surface area contributed by atoms with E-state index in [1.54, 1.807) is 12.1 Å². The molecule has 0 radical (unpaired) electrons. The number of hydrogen-bond donors (Lipinski definition) is 1. The van der Waals surface area contributed by atoms with E-state index in [4.69, 9.17) is 16.3 Å². The molecule has 2 aromatic rings. The first-order valence-corrected chi connectivity index (χ1v) is 15.2. The van der Waals surface area contributed by atoms with Crippen molar-refractivity contribution in [2.24, 2.45) is 10.8 Å². The first kappa shape index (κ1) is 30.1. The van der Waals surface area contributed by atoms with Crippen LogP contribution in [0.5, 0.6) is 5.75 Å². The molecule has 1 N–H and O–H groups in total. The second-order valence-electron chi connectivity index (χ2n) is 13.6. The lowest BCUT2D eigenvalue weighted by molar-refractivity contribution is -0.120. The van der Waals surface area contributed by atoms with Gasteiger partial charge >= 0.3 is 0 Å². The van der Waals surface area contributed by atoms with Crippen LogP contribution in [-0.2, 0) is 14.4 Å². The lowest BCUT2D eigenvalue weighted by Gasteiger charge is -2.48. The molecule has 0 unspecified atom stereocenters. The van der Waals surface area contributed by atoms with E-state index in [9.17, 15) is 14.4 Å². The summed E-state index contributed by atoms with van der Waals surface area (Å²) < 4.78 is 5.81. The number of allylic oxidation sites excluding steroid dienone is 4. The molecule has 0 fully saturated rings. The summed E-state index contributed by atoms with van der Waals surface area (Å²) in [4.78, 5) is 42.5. The number of rotatable bonds is 6. The van der Waals surface area contributed by atoms with Crippen LogP contribution < -0.4 is 10.1 Å². The molecule has 1 amide bonds. The quantitative estimate of drug-likeness (QED) is 0.374. The molecule has 0 saturated heterocycles. The molecule has 5 rings (SSSR count). The average molecular weight is 589 g/mol. The fraction of sp³-hybridized carbons (Fsp3) is 0.457. The Hall–Kier alpha value is -3.38. The van der Waals surface area contributed by atoms with E-state index in [1.807, 2.05) is 38.1 Å². The third-order valence-electron chi connectivity index (χ3n) is 8.64. The molecule has 1 aliphatic heterocycles. The Bertz CT molecular complexity index is 1490. The van der Waals surface area contributed by atoms with Gasteiger partial charge in [0.2, 0.25) is 0 Å². The number of benzene rings is 2. The third kappa shape index (κ3) is 5.78. The van der Waals surface area contributed by atoms with Crippen LogP contribution in [0.1, 0.15) is 82.9 Å². The van der Waals surface area contributed by atoms with Crippen molar-refractivity contribution in [1.82, 2.24) is 4.90 Å². The summed E-state index contributed by atoms with van der Waals surface area (Å²) >= 11 is 6.74. The van der Waals surface area contributed by atoms with Crippen molar-refractivity contribution in [1.29, 1.82) is 0 Å². The number of Topliss-reactive ketones (excluding diaryl/α,β-unsaturated/α-hetero) is 2. The summed E-state index contributed by atoms with van der Waals surface area (Å²) in [5.41, 5.74) is 6.83. The van der Waals surface area contributed by atoms with Gasteiger partial charge in [-0.1, -0.05) is 63.1 Å². The van der Waals surface area contributed by atoms with Crippen molar-refractivity contribution in [2.75, 3.05) is 18.5 Å². The predicted molar refractivity (Wildman–Crippen MR) is 167 cm³/mol. The lowest BCUT2D eigenvalue weighted by Crippen LogP contribution is -2.44. The molecule has 222 valence electrons. The highest BCUT2D eigenvalue weighted by atomic mass is 35.5. The van der Waals surface area contributed by atoms with Gasteiger partial charge in [0, 0.05) is 53.5 Å². The van der Waals surface area contributed by atoms with Gasteiger partial charge in [-0.3, -0.25) is 14.4 Å². The molecule has 0 saturated carbocycles. The number of aryl methyl sites for hydroxylation is 2. The smallest absolute Gasteiger partial charge is 0.262 e. The minimum absolute atomic E-state index is 0.0911. The van der Waals surface area contributed by atoms with E-state index in [0.717, 1.165) is 57.8 Å². The van der Waals surface area contributed by atoms with Gasteiger partial charge in [0.15, 0.2) is 18.2 Å². The molecule has 3 aliphatic rings. The number of hydrogen-bond acceptors (Lipinski definition) is 5. The summed E-state index contributed by atoms with van der Waals surface area (Å²) in [6.45, 7) is 15.1. The van der Waals surface area contributed by atoms with Gasteiger partial charge in [0.05, 0.1) is 5.02 Å². The molecule has 0 atom stereocenters. The highest BCUT2D eigenvalue weighted by Crippen LogP contribution is 2.54. The Balaban J connectivity index is 1.47. The Morgan fingerprint density at radius 3 is 2.05 bits per heavy atom. The van der Waals surface area contributed by atoms with Gasteiger partial charge < -0.3 is 15.0 Å². The summed E-state index contributed by atoms with van der Waals surface area (Å²) in [6.07, 6.45) is 2.42. The average Bonchev–Trinajstić information content (AvgIpc) is 2.87. The van der Waals surface area contributed by atoms with Gasteiger partial charge in [-0.05, 0) is 73.8 Å². The zero-order valence-electron chi connectivity index (χ0n) is 25.7. The van der Waals surface area contributed by atoms with Crippen LogP contribution >= 0.6 is 11.6 Å². The normalized spacial score (nSPS) is 20.0. The van der Waals surface area contributed by atoms with Crippen molar-refractivity contribution in [3.05, 3.63) is 80.7 Å². The van der Waals surface area contributed by atoms with E-state index in [2.05, 4.69) is 44.8 Å². The standard InChI is InChI=1S/C35H41ClN2O4/c1-8-38-25-15-34(4,5)17-27(39)32(25)31(33-26(38)16-35(6,7)18-28(33)40)22-10-12-29(23(36)14-22)42-19-30(41)37-24-11-9-20(2)13-21(24)3/h9-14,31H,8,15-19H2,1-7H3,(H,37,41). The van der Waals surface area contributed by atoms with Crippen LogP contribution in [-0.4, -0.2) is 35.5 Å². The zero-order valence-corrected chi connectivity index (χ0v) is 26.5. The van der Waals surface area contributed by atoms with E-state index < -0.39 is 5.92 Å². The van der Waals surface area contributed by atoms with Crippen molar-refractivity contribution in [3.63, 3.8) is 0 Å². The van der Waals surface area contributed by atoms with Gasteiger partial charge in [0.1, 0.15) is 5.75 Å². The highest BCUT2D eigenvalue weighted by Gasteiger charge is 2.48. The van der Waals surface area contributed by atoms with Crippen LogP contribution in [0.3, 0.4) is 0 Å². The highest BCUT2D eigenvalue weighted by molar-refractivity contribution is 6.32. The van der Waals surface area contributed by atoms with Gasteiger partial charge in [-0.2, -0.15) is 0 Å². The molecule has 0 spiro atoms. The van der Waals surface area contributed by atoms with Gasteiger partial charge in [0.25, 0.3) is 5.91 Å². The molecule has 0 bridgehead atoms. The Morgan fingerprint density at radius 2 is 1.52 bits per heavy atom. The molecular formula is C35H41ClN2O4. The Kier molecular flexibility index (Phi) is 7.90. The number of ketones is 2. The van der Waals surface area contributed by atoms with Crippen LogP contribution in [0, 0.1) is 24.7 Å². The number of nitrogens with zero attached hydrogens (tertiary/aromatic N) is 1. The fourth-order valence-corrected chi connectivity index (χ4v) is 7.10. The number of halogens is 1. The molecule has 42 heavy (non-hydrogen) atoms. The van der Waals surface area contributed by atoms with Crippen molar-refractivity contribution in [3.8, 4) is 5.75 Å². The number of carbonyl (C=O) groups excluding carboxylic acids is 3. The van der Waals surface area contributed by atoms with Crippen molar-refractivity contribution < 1.29 is 19.1 Å². The summed E-state index contributed by atoms with van der Waals surface area (Å²) in [5, 5.41) is 3.22. The maximum atomic E-state index is 13.8. The van der Waals surface area contributed by atoms with Crippen LogP contribution in [0.4, 0.5) is 5.69 Å². The second-order valence-corrected chi connectivity index (χ2v) is 14.0. The number of carbonyl (C=O) groups is 3. The molecule has 6 nitrogen and oxygen atoms in total. The topological polar surface area (TPSA) is 75.7 Å². The first-order chi connectivity index (χ1) is 19.7. The monoisotopic (exact) mass is 588 g/mol. The largest absolute Gasteiger partial charge is 0.482 e. The Morgan fingerprint density at radius 1 is 0.929 bits per heavy atom. The molecule has 1 heterocycles. The SMILES string of the molecule is CCN1C2=C(C(=O)CC(C)(C)C2)C(c2ccc(OCC(=O)Nc3ccc(C)cc3C)c(Cl)c2)C2=C1CC(C)(C)CC2=O. The van der Waals surface area contributed by atoms with Crippen molar-refractivity contribution in [2.45, 2.75) is 80.1 Å². The van der Waals surface area contributed by atoms with E-state index in [-0.39, 0.29) is 34.9 Å². The zero-order chi connectivity index (χ0) is 30.6. The first-order valence-electron chi connectivity index (χ1n) is 14.8. The van der Waals surface area contributed by atoms with Gasteiger partial charge in [-0.15, -0.1) is 0 Å². The molecule has 2 aliphatic carbocycles. The number of nitrogens with one attached hydrogen (secondary N) is 1. The maximum absolute atomic E-state index is 13.8. The number of anilines is 1. The second kappa shape index (κ2) is 11.0. The fourth-order valence-electron chi connectivity index (χ4n) is 6.86. The predicted octanol–water partition coefficient (Wildman–Crippen LogP) is 7.68. The van der Waals surface area contributed by atoms with Crippen molar-refractivity contribution >= 4 is 34.8 Å². The molecular weight excluding hydrogens is 548 g/mol. The maximum Gasteiger partial charge on any atom is 0.262 e. The van der Waals surface area contributed by atoms with Crippen LogP contribution in [0.25, 0.3) is 0 Å². The van der Waals surface area contributed by atoms with E-state index in [0.29, 0.717) is 30.2 Å². The molecule has 7 heteroatoms. The summed E-state index contributed by atoms with van der Waals surface area (Å²) in [7, 11) is 0.